The first kappa shape index (κ1) is 17.9. The summed E-state index contributed by atoms with van der Waals surface area (Å²) in [6.45, 7) is -0.618. The molecule has 24 heavy (non-hydrogen) atoms. The molecule has 0 aliphatic rings. The van der Waals surface area contributed by atoms with Gasteiger partial charge in [0.05, 0.1) is 17.8 Å². The van der Waals surface area contributed by atoms with Gasteiger partial charge < -0.3 is 10.6 Å². The maximum atomic E-state index is 13.6. The first-order valence-electron chi connectivity index (χ1n) is 6.46. The Kier molecular flexibility index (Phi) is 5.55. The van der Waals surface area contributed by atoms with Crippen molar-refractivity contribution in [3.05, 3.63) is 63.6 Å². The molecule has 0 aliphatic heterocycles. The molecule has 0 saturated heterocycles. The number of benzene rings is 2. The number of halogens is 5. The van der Waals surface area contributed by atoms with E-state index in [0.717, 1.165) is 12.1 Å². The summed E-state index contributed by atoms with van der Waals surface area (Å²) in [6, 6.07) is 5.20. The largest absolute Gasteiger partial charge is 0.343 e. The molecular weight excluding hydrogens is 396 g/mol. The van der Waals surface area contributed by atoms with Crippen molar-refractivity contribution in [3.63, 3.8) is 0 Å². The lowest BCUT2D eigenvalue weighted by atomic mass is 10.2. The summed E-state index contributed by atoms with van der Waals surface area (Å²) in [6.07, 6.45) is 0. The number of carbonyl (C=O) groups is 2. The van der Waals surface area contributed by atoms with Gasteiger partial charge in [-0.1, -0.05) is 15.9 Å². The van der Waals surface area contributed by atoms with E-state index in [2.05, 4.69) is 21.2 Å². The molecule has 0 atom stereocenters. The van der Waals surface area contributed by atoms with Crippen LogP contribution in [0, 0.1) is 23.3 Å². The third-order valence-electron chi connectivity index (χ3n) is 2.89. The van der Waals surface area contributed by atoms with Gasteiger partial charge in [-0.15, -0.1) is 0 Å². The predicted molar refractivity (Wildman–Crippen MR) is 81.4 cm³/mol. The van der Waals surface area contributed by atoms with Gasteiger partial charge in [0, 0.05) is 4.47 Å². The van der Waals surface area contributed by atoms with E-state index in [0.29, 0.717) is 10.5 Å². The number of nitrogens with one attached hydrogen (secondary N) is 2. The topological polar surface area (TPSA) is 58.2 Å². The molecule has 0 spiro atoms. The van der Waals surface area contributed by atoms with Crippen molar-refractivity contribution in [2.75, 3.05) is 11.9 Å². The highest BCUT2D eigenvalue weighted by molar-refractivity contribution is 9.10. The van der Waals surface area contributed by atoms with Gasteiger partial charge >= 0.3 is 0 Å². The van der Waals surface area contributed by atoms with Crippen molar-refractivity contribution in [1.82, 2.24) is 5.32 Å². The molecule has 0 fully saturated rings. The van der Waals surface area contributed by atoms with Crippen LogP contribution in [0.4, 0.5) is 23.2 Å². The molecule has 2 aromatic carbocycles. The van der Waals surface area contributed by atoms with Gasteiger partial charge in [0.15, 0.2) is 17.5 Å². The van der Waals surface area contributed by atoms with Crippen LogP contribution in [-0.2, 0) is 4.79 Å². The smallest absolute Gasteiger partial charge is 0.254 e. The van der Waals surface area contributed by atoms with Gasteiger partial charge in [-0.05, 0) is 30.3 Å². The molecule has 4 nitrogen and oxygen atoms in total. The van der Waals surface area contributed by atoms with Crippen molar-refractivity contribution in [2.24, 2.45) is 0 Å². The fraction of sp³-hybridized carbons (Fsp3) is 0.0667. The molecule has 2 aromatic rings. The molecular formula is C15H9BrF4N2O2. The Labute approximate surface area is 142 Å². The Morgan fingerprint density at radius 3 is 2.33 bits per heavy atom. The first-order chi connectivity index (χ1) is 11.3. The van der Waals surface area contributed by atoms with Crippen LogP contribution in [0.25, 0.3) is 0 Å². The average molecular weight is 405 g/mol. The zero-order valence-electron chi connectivity index (χ0n) is 11.8. The Hall–Kier alpha value is -2.42. The number of amides is 2. The van der Waals surface area contributed by atoms with E-state index in [1.807, 2.05) is 5.32 Å². The predicted octanol–water partition coefficient (Wildman–Crippen LogP) is 3.37. The zero-order chi connectivity index (χ0) is 17.9. The van der Waals surface area contributed by atoms with Crippen molar-refractivity contribution in [3.8, 4) is 0 Å². The lowest BCUT2D eigenvalue weighted by Crippen LogP contribution is -2.33. The Balaban J connectivity index is 1.98. The second-order valence-corrected chi connectivity index (χ2v) is 5.49. The fourth-order valence-electron chi connectivity index (χ4n) is 1.75. The van der Waals surface area contributed by atoms with Crippen LogP contribution >= 0.6 is 15.9 Å². The van der Waals surface area contributed by atoms with Gasteiger partial charge in [-0.25, -0.2) is 17.6 Å². The molecule has 0 saturated carbocycles. The summed E-state index contributed by atoms with van der Waals surface area (Å²) in [5.74, 6) is -7.24. The van der Waals surface area contributed by atoms with E-state index in [4.69, 9.17) is 0 Å². The van der Waals surface area contributed by atoms with E-state index in [1.54, 1.807) is 0 Å². The Morgan fingerprint density at radius 2 is 1.67 bits per heavy atom. The minimum Gasteiger partial charge on any atom is -0.343 e. The molecule has 0 aliphatic carbocycles. The average Bonchev–Trinajstić information content (AvgIpc) is 2.53. The molecule has 2 N–H and O–H groups in total. The summed E-state index contributed by atoms with van der Waals surface area (Å²) in [5.41, 5.74) is -0.868. The maximum absolute atomic E-state index is 13.6. The van der Waals surface area contributed by atoms with Crippen LogP contribution in [-0.4, -0.2) is 18.4 Å². The number of anilines is 1. The van der Waals surface area contributed by atoms with Crippen LogP contribution < -0.4 is 10.6 Å². The van der Waals surface area contributed by atoms with Gasteiger partial charge in [0.1, 0.15) is 5.82 Å². The number of rotatable bonds is 4. The Bertz CT molecular complexity index is 814. The Morgan fingerprint density at radius 1 is 0.958 bits per heavy atom. The highest BCUT2D eigenvalue weighted by atomic mass is 79.9. The summed E-state index contributed by atoms with van der Waals surface area (Å²) in [4.78, 5) is 23.4. The lowest BCUT2D eigenvalue weighted by molar-refractivity contribution is -0.115. The van der Waals surface area contributed by atoms with Gasteiger partial charge in [-0.3, -0.25) is 9.59 Å². The molecule has 0 aromatic heterocycles. The van der Waals surface area contributed by atoms with Crippen LogP contribution in [0.3, 0.4) is 0 Å². The second kappa shape index (κ2) is 7.43. The van der Waals surface area contributed by atoms with Crippen LogP contribution in [0.1, 0.15) is 10.4 Å². The normalized spacial score (nSPS) is 10.4. The summed E-state index contributed by atoms with van der Waals surface area (Å²) >= 11 is 3.03. The third kappa shape index (κ3) is 4.10. The highest BCUT2D eigenvalue weighted by Gasteiger charge is 2.16. The summed E-state index contributed by atoms with van der Waals surface area (Å²) in [5, 5.41) is 4.10. The van der Waals surface area contributed by atoms with Crippen LogP contribution in [0.5, 0.6) is 0 Å². The first-order valence-corrected chi connectivity index (χ1v) is 7.25. The monoisotopic (exact) mass is 404 g/mol. The van der Waals surface area contributed by atoms with Crippen molar-refractivity contribution in [1.29, 1.82) is 0 Å². The van der Waals surface area contributed by atoms with E-state index in [9.17, 15) is 27.2 Å². The molecule has 126 valence electrons. The molecule has 0 bridgehead atoms. The van der Waals surface area contributed by atoms with Crippen molar-refractivity contribution in [2.45, 2.75) is 0 Å². The second-order valence-electron chi connectivity index (χ2n) is 4.58. The lowest BCUT2D eigenvalue weighted by Gasteiger charge is -2.09. The highest BCUT2D eigenvalue weighted by Crippen LogP contribution is 2.19. The number of hydrogen-bond donors (Lipinski definition) is 2. The van der Waals surface area contributed by atoms with Crippen LogP contribution in [0.2, 0.25) is 0 Å². The molecule has 0 heterocycles. The molecule has 0 radical (unpaired) electrons. The molecule has 2 amide bonds. The number of hydrogen-bond acceptors (Lipinski definition) is 2. The van der Waals surface area contributed by atoms with E-state index >= 15 is 0 Å². The molecule has 2 rings (SSSR count). The van der Waals surface area contributed by atoms with E-state index < -0.39 is 47.3 Å². The van der Waals surface area contributed by atoms with Crippen LogP contribution in [0.15, 0.2) is 34.8 Å². The summed E-state index contributed by atoms with van der Waals surface area (Å²) in [7, 11) is 0. The maximum Gasteiger partial charge on any atom is 0.254 e. The summed E-state index contributed by atoms with van der Waals surface area (Å²) < 4.78 is 53.2. The quantitative estimate of drug-likeness (QED) is 0.606. The van der Waals surface area contributed by atoms with Crippen molar-refractivity contribution < 1.29 is 27.2 Å². The SMILES string of the molecule is O=C(CNC(=O)c1ccc(Br)cc1F)Nc1ccc(F)c(F)c1F. The molecule has 9 heteroatoms. The minimum atomic E-state index is -1.73. The zero-order valence-corrected chi connectivity index (χ0v) is 13.4. The molecule has 0 unspecified atom stereocenters. The minimum absolute atomic E-state index is 0.287. The third-order valence-corrected chi connectivity index (χ3v) is 3.39. The van der Waals surface area contributed by atoms with E-state index in [1.165, 1.54) is 12.1 Å². The fourth-order valence-corrected chi connectivity index (χ4v) is 2.08. The van der Waals surface area contributed by atoms with E-state index in [-0.39, 0.29) is 5.56 Å². The number of carbonyl (C=O) groups excluding carboxylic acids is 2. The van der Waals surface area contributed by atoms with Gasteiger partial charge in [-0.2, -0.15) is 0 Å². The van der Waals surface area contributed by atoms with Gasteiger partial charge in [0.2, 0.25) is 5.91 Å². The standard InChI is InChI=1S/C15H9BrF4N2O2/c16-7-1-2-8(10(18)5-7)15(24)21-6-12(23)22-11-4-3-9(17)13(19)14(11)20/h1-5H,6H2,(H,21,24)(H,22,23). The van der Waals surface area contributed by atoms with Crippen molar-refractivity contribution >= 4 is 33.4 Å². The van der Waals surface area contributed by atoms with Gasteiger partial charge in [0.25, 0.3) is 5.91 Å².